The summed E-state index contributed by atoms with van der Waals surface area (Å²) >= 11 is 4.91. The summed E-state index contributed by atoms with van der Waals surface area (Å²) in [7, 11) is 0. The quantitative estimate of drug-likeness (QED) is 0.766. The van der Waals surface area contributed by atoms with E-state index in [2.05, 4.69) is 11.8 Å². The zero-order valence-corrected chi connectivity index (χ0v) is 11.6. The van der Waals surface area contributed by atoms with Gasteiger partial charge in [-0.15, -0.1) is 0 Å². The second-order valence-electron chi connectivity index (χ2n) is 4.60. The van der Waals surface area contributed by atoms with E-state index in [9.17, 15) is 0 Å². The highest BCUT2D eigenvalue weighted by Crippen LogP contribution is 2.26. The average molecular weight is 264 g/mol. The molecule has 1 fully saturated rings. The molecule has 0 bridgehead atoms. The third-order valence-electron chi connectivity index (χ3n) is 3.26. The lowest BCUT2D eigenvalue weighted by Crippen LogP contribution is -2.30. The van der Waals surface area contributed by atoms with Crippen molar-refractivity contribution in [2.45, 2.75) is 25.8 Å². The van der Waals surface area contributed by atoms with E-state index in [1.54, 1.807) is 0 Å². The van der Waals surface area contributed by atoms with Crippen molar-refractivity contribution in [2.24, 2.45) is 5.73 Å². The van der Waals surface area contributed by atoms with Crippen LogP contribution in [0.15, 0.2) is 24.3 Å². The Labute approximate surface area is 114 Å². The topological polar surface area (TPSA) is 38.5 Å². The minimum absolute atomic E-state index is 0.424. The average Bonchev–Trinajstić information content (AvgIpc) is 3.19. The van der Waals surface area contributed by atoms with E-state index in [1.807, 2.05) is 24.3 Å². The first-order chi connectivity index (χ1) is 8.70. The standard InChI is InChI=1S/C14H20N2OS/c1-2-16(12-5-6-12)9-10-17-13-7-3-11(4-8-13)14(15)18/h3-4,7-8,12H,2,5-6,9-10H2,1H3,(H2,15,18). The first kappa shape index (κ1) is 13.3. The van der Waals surface area contributed by atoms with Gasteiger partial charge in [-0.2, -0.15) is 0 Å². The van der Waals surface area contributed by atoms with Gasteiger partial charge < -0.3 is 10.5 Å². The Balaban J connectivity index is 1.77. The van der Waals surface area contributed by atoms with Crippen LogP contribution >= 0.6 is 12.2 Å². The molecular formula is C14H20N2OS. The maximum Gasteiger partial charge on any atom is 0.119 e. The van der Waals surface area contributed by atoms with Gasteiger partial charge in [0.2, 0.25) is 0 Å². The first-order valence-corrected chi connectivity index (χ1v) is 6.88. The second kappa shape index (κ2) is 6.16. The first-order valence-electron chi connectivity index (χ1n) is 6.47. The van der Waals surface area contributed by atoms with E-state index in [0.29, 0.717) is 4.99 Å². The fraction of sp³-hybridized carbons (Fsp3) is 0.500. The molecule has 0 aromatic heterocycles. The molecule has 2 rings (SSSR count). The number of thiocarbonyl (C=S) groups is 1. The number of benzene rings is 1. The van der Waals surface area contributed by atoms with Crippen LogP contribution in [0, 0.1) is 0 Å². The Kier molecular flexibility index (Phi) is 4.55. The third-order valence-corrected chi connectivity index (χ3v) is 3.49. The zero-order valence-electron chi connectivity index (χ0n) is 10.8. The van der Waals surface area contributed by atoms with Crippen molar-refractivity contribution >= 4 is 17.2 Å². The molecular weight excluding hydrogens is 244 g/mol. The maximum atomic E-state index is 5.73. The largest absolute Gasteiger partial charge is 0.492 e. The van der Waals surface area contributed by atoms with Crippen LogP contribution in [0.5, 0.6) is 5.75 Å². The Bertz CT molecular complexity index is 401. The normalized spacial score (nSPS) is 14.8. The van der Waals surface area contributed by atoms with Gasteiger partial charge in [0, 0.05) is 18.2 Å². The van der Waals surface area contributed by atoms with Crippen molar-refractivity contribution in [1.82, 2.24) is 4.90 Å². The van der Waals surface area contributed by atoms with Gasteiger partial charge in [-0.1, -0.05) is 19.1 Å². The summed E-state index contributed by atoms with van der Waals surface area (Å²) in [6, 6.07) is 8.44. The molecule has 0 saturated heterocycles. The van der Waals surface area contributed by atoms with Crippen LogP contribution < -0.4 is 10.5 Å². The smallest absolute Gasteiger partial charge is 0.119 e. The van der Waals surface area contributed by atoms with Gasteiger partial charge in [0.1, 0.15) is 17.3 Å². The van der Waals surface area contributed by atoms with Gasteiger partial charge in [-0.25, -0.2) is 0 Å². The van der Waals surface area contributed by atoms with Gasteiger partial charge in [0.25, 0.3) is 0 Å². The molecule has 1 aliphatic carbocycles. The van der Waals surface area contributed by atoms with E-state index in [1.165, 1.54) is 12.8 Å². The maximum absolute atomic E-state index is 5.73. The lowest BCUT2D eigenvalue weighted by molar-refractivity contribution is 0.209. The molecule has 1 saturated carbocycles. The molecule has 98 valence electrons. The van der Waals surface area contributed by atoms with Gasteiger partial charge in [-0.3, -0.25) is 4.90 Å². The summed E-state index contributed by atoms with van der Waals surface area (Å²) in [5, 5.41) is 0. The Morgan fingerprint density at radius 2 is 2.06 bits per heavy atom. The van der Waals surface area contributed by atoms with Crippen molar-refractivity contribution in [3.8, 4) is 5.75 Å². The molecule has 0 amide bonds. The molecule has 3 nitrogen and oxygen atoms in total. The minimum Gasteiger partial charge on any atom is -0.492 e. The van der Waals surface area contributed by atoms with Gasteiger partial charge in [0.15, 0.2) is 0 Å². The molecule has 0 unspecified atom stereocenters. The molecule has 0 radical (unpaired) electrons. The van der Waals surface area contributed by atoms with E-state index in [-0.39, 0.29) is 0 Å². The van der Waals surface area contributed by atoms with Gasteiger partial charge >= 0.3 is 0 Å². The third kappa shape index (κ3) is 3.68. The summed E-state index contributed by atoms with van der Waals surface area (Å²) in [6.45, 7) is 5.04. The van der Waals surface area contributed by atoms with E-state index >= 15 is 0 Å². The molecule has 0 heterocycles. The van der Waals surface area contributed by atoms with Crippen molar-refractivity contribution in [3.63, 3.8) is 0 Å². The lowest BCUT2D eigenvalue weighted by Gasteiger charge is -2.19. The Morgan fingerprint density at radius 1 is 1.39 bits per heavy atom. The zero-order chi connectivity index (χ0) is 13.0. The fourth-order valence-corrected chi connectivity index (χ4v) is 2.17. The highest BCUT2D eigenvalue weighted by atomic mass is 32.1. The van der Waals surface area contributed by atoms with E-state index in [0.717, 1.165) is 37.1 Å². The Morgan fingerprint density at radius 3 is 2.56 bits per heavy atom. The highest BCUT2D eigenvalue weighted by Gasteiger charge is 2.27. The summed E-state index contributed by atoms with van der Waals surface area (Å²) in [6.07, 6.45) is 2.69. The molecule has 1 aromatic rings. The highest BCUT2D eigenvalue weighted by molar-refractivity contribution is 7.80. The number of hydrogen-bond acceptors (Lipinski definition) is 3. The number of ether oxygens (including phenoxy) is 1. The van der Waals surface area contributed by atoms with Gasteiger partial charge in [0.05, 0.1) is 0 Å². The van der Waals surface area contributed by atoms with Crippen LogP contribution in [0.2, 0.25) is 0 Å². The molecule has 0 spiro atoms. The summed E-state index contributed by atoms with van der Waals surface area (Å²) < 4.78 is 5.73. The number of likely N-dealkylation sites (N-methyl/N-ethyl adjacent to an activating group) is 1. The predicted octanol–water partition coefficient (Wildman–Crippen LogP) is 2.18. The molecule has 4 heteroatoms. The molecule has 1 aromatic carbocycles. The van der Waals surface area contributed by atoms with Crippen LogP contribution in [0.1, 0.15) is 25.3 Å². The molecule has 18 heavy (non-hydrogen) atoms. The lowest BCUT2D eigenvalue weighted by atomic mass is 10.2. The Hall–Kier alpha value is -1.13. The van der Waals surface area contributed by atoms with Crippen LogP contribution in [-0.2, 0) is 0 Å². The summed E-state index contributed by atoms with van der Waals surface area (Å²) in [4.78, 5) is 2.90. The van der Waals surface area contributed by atoms with Crippen molar-refractivity contribution in [3.05, 3.63) is 29.8 Å². The minimum atomic E-state index is 0.424. The molecule has 1 aliphatic rings. The summed E-state index contributed by atoms with van der Waals surface area (Å²) in [5.41, 5.74) is 6.43. The van der Waals surface area contributed by atoms with Crippen LogP contribution in [0.4, 0.5) is 0 Å². The monoisotopic (exact) mass is 264 g/mol. The molecule has 2 N–H and O–H groups in total. The molecule has 0 atom stereocenters. The van der Waals surface area contributed by atoms with Crippen molar-refractivity contribution in [2.75, 3.05) is 19.7 Å². The second-order valence-corrected chi connectivity index (χ2v) is 5.04. The van der Waals surface area contributed by atoms with E-state index in [4.69, 9.17) is 22.7 Å². The fourth-order valence-electron chi connectivity index (χ4n) is 2.03. The predicted molar refractivity (Wildman–Crippen MR) is 78.1 cm³/mol. The van der Waals surface area contributed by atoms with Gasteiger partial charge in [-0.05, 0) is 43.7 Å². The molecule has 0 aliphatic heterocycles. The summed E-state index contributed by atoms with van der Waals surface area (Å²) in [5.74, 6) is 0.877. The number of nitrogens with zero attached hydrogens (tertiary/aromatic N) is 1. The van der Waals surface area contributed by atoms with E-state index < -0.39 is 0 Å². The number of hydrogen-bond donors (Lipinski definition) is 1. The SMILES string of the molecule is CCN(CCOc1ccc(C(N)=S)cc1)C1CC1. The number of rotatable bonds is 7. The van der Waals surface area contributed by atoms with Crippen LogP contribution in [0.3, 0.4) is 0 Å². The van der Waals surface area contributed by atoms with Crippen LogP contribution in [-0.4, -0.2) is 35.6 Å². The van der Waals surface area contributed by atoms with Crippen LogP contribution in [0.25, 0.3) is 0 Å². The number of nitrogens with two attached hydrogens (primary N) is 1. The van der Waals surface area contributed by atoms with Crippen molar-refractivity contribution in [1.29, 1.82) is 0 Å². The van der Waals surface area contributed by atoms with Crippen molar-refractivity contribution < 1.29 is 4.74 Å².